The van der Waals surface area contributed by atoms with Crippen molar-refractivity contribution >= 4 is 40.6 Å². The Hall–Kier alpha value is -1.56. The van der Waals surface area contributed by atoms with E-state index in [2.05, 4.69) is 10.3 Å². The largest absolute Gasteiger partial charge is 0.444 e. The minimum absolute atomic E-state index is 0.424. The molecule has 1 amide bonds. The summed E-state index contributed by atoms with van der Waals surface area (Å²) in [5.74, 6) is 0. The monoisotopic (exact) mass is 274 g/mol. The molecular weight excluding hydrogens is 259 g/mol. The minimum atomic E-state index is -0.525. The van der Waals surface area contributed by atoms with Crippen molar-refractivity contribution in [2.24, 2.45) is 0 Å². The number of rotatable bonds is 2. The van der Waals surface area contributed by atoms with Gasteiger partial charge in [0, 0.05) is 0 Å². The fraction of sp³-hybridized carbons (Fsp3) is 0.385. The molecule has 0 aliphatic heterocycles. The first-order valence-electron chi connectivity index (χ1n) is 5.97. The second-order valence-corrected chi connectivity index (χ2v) is 6.14. The summed E-state index contributed by atoms with van der Waals surface area (Å²) >= 11 is 1.40. The van der Waals surface area contributed by atoms with Gasteiger partial charge in [0.25, 0.3) is 0 Å². The predicted molar refractivity (Wildman–Crippen MR) is 78.9 cm³/mol. The fourth-order valence-corrected chi connectivity index (χ4v) is 2.51. The van der Waals surface area contributed by atoms with Crippen molar-refractivity contribution in [3.05, 3.63) is 23.8 Å². The van der Waals surface area contributed by atoms with E-state index in [1.54, 1.807) is 0 Å². The van der Waals surface area contributed by atoms with Crippen LogP contribution in [0.5, 0.6) is 0 Å². The molecule has 2 aromatic rings. The summed E-state index contributed by atoms with van der Waals surface area (Å²) < 4.78 is 6.18. The van der Waals surface area contributed by atoms with Crippen LogP contribution >= 0.6 is 11.3 Å². The summed E-state index contributed by atoms with van der Waals surface area (Å²) in [6.07, 6.45) is -0.0756. The highest BCUT2D eigenvalue weighted by Crippen LogP contribution is 2.28. The molecule has 1 aromatic heterocycles. The molecule has 1 N–H and O–H groups in total. The Balaban J connectivity index is 2.20. The van der Waals surface area contributed by atoms with E-state index in [0.29, 0.717) is 11.5 Å². The van der Waals surface area contributed by atoms with Crippen LogP contribution < -0.4 is 5.32 Å². The number of anilines is 1. The third kappa shape index (κ3) is 3.47. The van der Waals surface area contributed by atoms with E-state index in [4.69, 9.17) is 12.6 Å². The zero-order valence-corrected chi connectivity index (χ0v) is 12.0. The van der Waals surface area contributed by atoms with Crippen LogP contribution in [0.25, 0.3) is 10.2 Å². The number of para-hydroxylation sites is 1. The van der Waals surface area contributed by atoms with Crippen molar-refractivity contribution < 1.29 is 9.53 Å². The van der Waals surface area contributed by atoms with E-state index in [1.807, 2.05) is 39.0 Å². The summed E-state index contributed by atoms with van der Waals surface area (Å²) in [4.78, 5) is 16.0. The molecule has 0 aliphatic carbocycles. The quantitative estimate of drug-likeness (QED) is 0.855. The van der Waals surface area contributed by atoms with Gasteiger partial charge in [-0.2, -0.15) is 0 Å². The molecule has 1 aromatic carbocycles. The Labute approximate surface area is 117 Å². The highest BCUT2D eigenvalue weighted by molar-refractivity contribution is 7.22. The van der Waals surface area contributed by atoms with Crippen molar-refractivity contribution in [3.63, 3.8) is 0 Å². The highest BCUT2D eigenvalue weighted by atomic mass is 32.1. The van der Waals surface area contributed by atoms with Gasteiger partial charge in [-0.1, -0.05) is 29.8 Å². The molecule has 0 bridgehead atoms. The maximum Gasteiger partial charge on any atom is 0.413 e. The Morgan fingerprint density at radius 3 is 2.84 bits per heavy atom. The summed E-state index contributed by atoms with van der Waals surface area (Å²) in [7, 11) is 5.66. The Morgan fingerprint density at radius 1 is 1.47 bits per heavy atom. The normalized spacial score (nSPS) is 11.5. The maximum absolute atomic E-state index is 11.7. The lowest BCUT2D eigenvalue weighted by Gasteiger charge is -2.18. The standard InChI is InChI=1S/C13H15BN2O2S/c1-13(2,3)18-12(17)16-11-15-10-8(7-14)5-4-6-9(10)19-11/h4-6H,7H2,1-3H3,(H,15,16,17). The van der Waals surface area contributed by atoms with E-state index in [9.17, 15) is 4.79 Å². The topological polar surface area (TPSA) is 51.2 Å². The lowest BCUT2D eigenvalue weighted by Crippen LogP contribution is -2.27. The van der Waals surface area contributed by atoms with Crippen LogP contribution in [0.15, 0.2) is 18.2 Å². The molecule has 0 fully saturated rings. The number of amides is 1. The zero-order chi connectivity index (χ0) is 14.0. The lowest BCUT2D eigenvalue weighted by atomic mass is 9.96. The van der Waals surface area contributed by atoms with Crippen LogP contribution in [0, 0.1) is 0 Å². The van der Waals surface area contributed by atoms with E-state index in [1.165, 1.54) is 11.3 Å². The number of ether oxygens (including phenoxy) is 1. The Bertz CT molecular complexity index is 604. The molecule has 0 unspecified atom stereocenters. The van der Waals surface area contributed by atoms with Crippen molar-refractivity contribution in [1.29, 1.82) is 0 Å². The van der Waals surface area contributed by atoms with Gasteiger partial charge in [0.2, 0.25) is 0 Å². The zero-order valence-electron chi connectivity index (χ0n) is 11.2. The van der Waals surface area contributed by atoms with Gasteiger partial charge in [0.05, 0.1) is 18.1 Å². The lowest BCUT2D eigenvalue weighted by molar-refractivity contribution is 0.0636. The van der Waals surface area contributed by atoms with Crippen LogP contribution in [0.1, 0.15) is 26.3 Å². The minimum Gasteiger partial charge on any atom is -0.444 e. The molecule has 0 spiro atoms. The molecule has 0 atom stereocenters. The van der Waals surface area contributed by atoms with E-state index in [0.717, 1.165) is 15.8 Å². The first-order valence-corrected chi connectivity index (χ1v) is 6.79. The SMILES string of the molecule is [B]Cc1cccc2sc(NC(=O)OC(C)(C)C)nc12. The average molecular weight is 274 g/mol. The summed E-state index contributed by atoms with van der Waals surface area (Å²) in [5.41, 5.74) is 1.27. The number of hydrogen-bond acceptors (Lipinski definition) is 4. The maximum atomic E-state index is 11.7. The number of nitrogens with zero attached hydrogens (tertiary/aromatic N) is 1. The molecule has 1 heterocycles. The molecule has 98 valence electrons. The Kier molecular flexibility index (Phi) is 3.80. The molecule has 2 radical (unpaired) electrons. The summed E-state index contributed by atoms with van der Waals surface area (Å²) in [6.45, 7) is 5.45. The predicted octanol–water partition coefficient (Wildman–Crippen LogP) is 3.31. The van der Waals surface area contributed by atoms with Gasteiger partial charge in [-0.3, -0.25) is 5.32 Å². The first-order chi connectivity index (χ1) is 8.89. The number of aromatic nitrogens is 1. The van der Waals surface area contributed by atoms with Gasteiger partial charge in [0.15, 0.2) is 5.13 Å². The third-order valence-corrected chi connectivity index (χ3v) is 3.27. The third-order valence-electron chi connectivity index (χ3n) is 2.33. The van der Waals surface area contributed by atoms with Gasteiger partial charge >= 0.3 is 6.09 Å². The van der Waals surface area contributed by atoms with E-state index in [-0.39, 0.29) is 0 Å². The van der Waals surface area contributed by atoms with Crippen molar-refractivity contribution in [1.82, 2.24) is 4.98 Å². The first kappa shape index (κ1) is 13.9. The molecule has 19 heavy (non-hydrogen) atoms. The van der Waals surface area contributed by atoms with E-state index < -0.39 is 11.7 Å². The molecule has 6 heteroatoms. The summed E-state index contributed by atoms with van der Waals surface area (Å²) in [6, 6.07) is 5.81. The van der Waals surface area contributed by atoms with E-state index >= 15 is 0 Å². The molecule has 2 rings (SSSR count). The second kappa shape index (κ2) is 5.21. The molecule has 4 nitrogen and oxygen atoms in total. The van der Waals surface area contributed by atoms with Gasteiger partial charge in [-0.25, -0.2) is 9.78 Å². The van der Waals surface area contributed by atoms with Crippen LogP contribution in [-0.2, 0) is 11.1 Å². The molecule has 0 aliphatic rings. The van der Waals surface area contributed by atoms with Gasteiger partial charge < -0.3 is 4.74 Å². The van der Waals surface area contributed by atoms with Crippen LogP contribution in [0.4, 0.5) is 9.93 Å². The number of benzene rings is 1. The fourth-order valence-electron chi connectivity index (χ4n) is 1.61. The number of carbonyl (C=O) groups excluding carboxylic acids is 1. The van der Waals surface area contributed by atoms with Crippen LogP contribution in [0.3, 0.4) is 0 Å². The highest BCUT2D eigenvalue weighted by Gasteiger charge is 2.17. The van der Waals surface area contributed by atoms with Crippen molar-refractivity contribution in [3.8, 4) is 0 Å². The number of carbonyl (C=O) groups is 1. The molecule has 0 saturated carbocycles. The van der Waals surface area contributed by atoms with Gasteiger partial charge in [-0.15, -0.1) is 0 Å². The Morgan fingerprint density at radius 2 is 2.21 bits per heavy atom. The summed E-state index contributed by atoms with van der Waals surface area (Å²) in [5, 5.41) is 3.16. The molecule has 0 saturated heterocycles. The average Bonchev–Trinajstić information content (AvgIpc) is 2.67. The van der Waals surface area contributed by atoms with Crippen LogP contribution in [0.2, 0.25) is 0 Å². The number of thiazole rings is 1. The molecular formula is C13H15BN2O2S. The van der Waals surface area contributed by atoms with Crippen LogP contribution in [-0.4, -0.2) is 24.5 Å². The number of hydrogen-bond donors (Lipinski definition) is 1. The van der Waals surface area contributed by atoms with Crippen molar-refractivity contribution in [2.75, 3.05) is 5.32 Å². The number of fused-ring (bicyclic) bond motifs is 1. The van der Waals surface area contributed by atoms with Gasteiger partial charge in [0.1, 0.15) is 5.60 Å². The smallest absolute Gasteiger partial charge is 0.413 e. The number of nitrogens with one attached hydrogen (secondary N) is 1. The van der Waals surface area contributed by atoms with Gasteiger partial charge in [-0.05, 0) is 32.4 Å². The van der Waals surface area contributed by atoms with Crippen molar-refractivity contribution in [2.45, 2.75) is 32.7 Å². The second-order valence-electron chi connectivity index (χ2n) is 5.11.